The maximum atomic E-state index is 10.8. The summed E-state index contributed by atoms with van der Waals surface area (Å²) >= 11 is 0. The van der Waals surface area contributed by atoms with Gasteiger partial charge in [0.15, 0.2) is 0 Å². The summed E-state index contributed by atoms with van der Waals surface area (Å²) in [6.07, 6.45) is -2.79. The first-order valence-corrected chi connectivity index (χ1v) is 3.09. The van der Waals surface area contributed by atoms with Crippen LogP contribution in [0.15, 0.2) is 30.2 Å². The Hall–Kier alpha value is -1.35. The Bertz CT molecular complexity index is 517. The number of carbonyl (C=O) groups is 1. The van der Waals surface area contributed by atoms with Gasteiger partial charge in [-0.3, -0.25) is 4.79 Å². The third-order valence-corrected chi connectivity index (χ3v) is 1.07. The fraction of sp³-hybridized carbons (Fsp3) is 0.222. The molecule has 64 valence electrons. The van der Waals surface area contributed by atoms with Crippen molar-refractivity contribution in [3.8, 4) is 0 Å². The molecule has 0 saturated carbocycles. The fourth-order valence-electron chi connectivity index (χ4n) is 0.539. The molecule has 0 aliphatic heterocycles. The van der Waals surface area contributed by atoms with Gasteiger partial charge in [-0.15, -0.1) is 0 Å². The molecular weight excluding hydrogens is 154 g/mol. The number of carboxylic acids is 1. The van der Waals surface area contributed by atoms with Crippen molar-refractivity contribution in [2.45, 2.75) is 12.4 Å². The van der Waals surface area contributed by atoms with Crippen molar-refractivity contribution in [3.63, 3.8) is 0 Å². The summed E-state index contributed by atoms with van der Waals surface area (Å²) < 4.78 is 52.6. The van der Waals surface area contributed by atoms with Gasteiger partial charge in [0.1, 0.15) is 6.04 Å². The minimum absolute atomic E-state index is 0.682. The van der Waals surface area contributed by atoms with Gasteiger partial charge in [0, 0.05) is 2.74 Å². The summed E-state index contributed by atoms with van der Waals surface area (Å²) in [5.74, 6) is -1.67. The molecule has 0 fully saturated rings. The summed E-state index contributed by atoms with van der Waals surface area (Å²) in [7, 11) is 0. The van der Waals surface area contributed by atoms with Crippen LogP contribution in [0.5, 0.6) is 0 Å². The standard InChI is InChI=1S/C9H11NO2/c10-8(9(11)12)6-7-4-2-1-3-5-7/h1-5,8H,6,10H2,(H,11,12)/i1D,2D,3D,4D,5D,6D2. The zero-order valence-corrected chi connectivity index (χ0v) is 6.01. The molecule has 12 heavy (non-hydrogen) atoms. The summed E-state index contributed by atoms with van der Waals surface area (Å²) in [5.41, 5.74) is 4.44. The van der Waals surface area contributed by atoms with Crippen LogP contribution in [0.2, 0.25) is 0 Å². The van der Waals surface area contributed by atoms with Gasteiger partial charge in [0.2, 0.25) is 0 Å². The topological polar surface area (TPSA) is 63.3 Å². The highest BCUT2D eigenvalue weighted by Gasteiger charge is 2.10. The molecular formula is C9H11NO2. The van der Waals surface area contributed by atoms with Gasteiger partial charge >= 0.3 is 5.97 Å². The van der Waals surface area contributed by atoms with E-state index >= 15 is 0 Å². The lowest BCUT2D eigenvalue weighted by atomic mass is 10.1. The van der Waals surface area contributed by atoms with Crippen molar-refractivity contribution in [2.24, 2.45) is 5.73 Å². The summed E-state index contributed by atoms with van der Waals surface area (Å²) in [4.78, 5) is 10.8. The lowest BCUT2D eigenvalue weighted by Gasteiger charge is -2.04. The average molecular weight is 172 g/mol. The van der Waals surface area contributed by atoms with E-state index in [0.29, 0.717) is 0 Å². The first-order valence-electron chi connectivity index (χ1n) is 6.59. The number of hydrogen-bond acceptors (Lipinski definition) is 2. The first-order chi connectivity index (χ1) is 8.53. The van der Waals surface area contributed by atoms with E-state index in [1.54, 1.807) is 0 Å². The van der Waals surface area contributed by atoms with Gasteiger partial charge in [-0.2, -0.15) is 0 Å². The molecule has 0 spiro atoms. The van der Waals surface area contributed by atoms with E-state index in [1.807, 2.05) is 0 Å². The second kappa shape index (κ2) is 3.88. The quantitative estimate of drug-likeness (QED) is 0.703. The molecule has 3 heteroatoms. The van der Waals surface area contributed by atoms with E-state index in [-0.39, 0.29) is 0 Å². The molecule has 3 N–H and O–H groups in total. The molecule has 0 radical (unpaired) electrons. The summed E-state index contributed by atoms with van der Waals surface area (Å²) in [6, 6.07) is -5.80. The Morgan fingerprint density at radius 2 is 2.25 bits per heavy atom. The SMILES string of the molecule is [2H]c1c([2H])c([2H])c(C([2H])([2H])C(N)C(=O)O)c([2H])c1[2H]. The molecule has 1 unspecified atom stereocenters. The molecule has 1 aromatic carbocycles. The lowest BCUT2D eigenvalue weighted by molar-refractivity contribution is -0.138. The second-order valence-electron chi connectivity index (χ2n) is 1.96. The minimum Gasteiger partial charge on any atom is -0.480 e. The first kappa shape index (κ1) is 3.18. The van der Waals surface area contributed by atoms with Gasteiger partial charge in [-0.05, 0) is 11.9 Å². The van der Waals surface area contributed by atoms with E-state index in [4.69, 9.17) is 20.4 Å². The molecule has 0 heterocycles. The van der Waals surface area contributed by atoms with Crippen LogP contribution in [0.3, 0.4) is 0 Å². The van der Waals surface area contributed by atoms with Crippen LogP contribution in [0, 0.1) is 0 Å². The van der Waals surface area contributed by atoms with E-state index in [9.17, 15) is 4.79 Å². The maximum absolute atomic E-state index is 10.8. The third-order valence-electron chi connectivity index (χ3n) is 1.07. The number of rotatable bonds is 3. The van der Waals surface area contributed by atoms with Crippen LogP contribution in [0.4, 0.5) is 0 Å². The fourth-order valence-corrected chi connectivity index (χ4v) is 0.539. The molecule has 1 atom stereocenters. The van der Waals surface area contributed by atoms with Crippen molar-refractivity contribution in [1.82, 2.24) is 0 Å². The van der Waals surface area contributed by atoms with Crippen LogP contribution in [0.1, 0.15) is 15.2 Å². The molecule has 3 nitrogen and oxygen atoms in total. The van der Waals surface area contributed by atoms with Gasteiger partial charge in [0.05, 0.1) is 6.85 Å². The monoisotopic (exact) mass is 172 g/mol. The Morgan fingerprint density at radius 1 is 1.67 bits per heavy atom. The second-order valence-corrected chi connectivity index (χ2v) is 1.96. The summed E-state index contributed by atoms with van der Waals surface area (Å²) in [5, 5.41) is 8.74. The number of carboxylic acid groups (broad SMARTS) is 1. The minimum atomic E-state index is -2.79. The highest BCUT2D eigenvalue weighted by molar-refractivity contribution is 5.73. The van der Waals surface area contributed by atoms with Crippen molar-refractivity contribution in [1.29, 1.82) is 0 Å². The van der Waals surface area contributed by atoms with Crippen molar-refractivity contribution in [2.75, 3.05) is 0 Å². The van der Waals surface area contributed by atoms with Crippen LogP contribution in [0.25, 0.3) is 0 Å². The molecule has 1 rings (SSSR count). The Labute approximate surface area is 80.7 Å². The van der Waals surface area contributed by atoms with E-state index in [0.717, 1.165) is 0 Å². The average Bonchev–Trinajstić information content (AvgIpc) is 2.32. The molecule has 0 aliphatic rings. The highest BCUT2D eigenvalue weighted by Crippen LogP contribution is 2.01. The molecule has 1 aromatic rings. The van der Waals surface area contributed by atoms with Gasteiger partial charge in [0.25, 0.3) is 0 Å². The predicted molar refractivity (Wildman–Crippen MR) is 45.8 cm³/mol. The van der Waals surface area contributed by atoms with Crippen LogP contribution >= 0.6 is 0 Å². The number of nitrogens with two attached hydrogens (primary N) is 1. The van der Waals surface area contributed by atoms with E-state index < -0.39 is 54.2 Å². The van der Waals surface area contributed by atoms with Gasteiger partial charge in [-0.1, -0.05) is 30.2 Å². The van der Waals surface area contributed by atoms with Crippen LogP contribution < -0.4 is 5.73 Å². The smallest absolute Gasteiger partial charge is 0.320 e. The Morgan fingerprint density at radius 3 is 2.75 bits per heavy atom. The molecule has 0 bridgehead atoms. The Kier molecular flexibility index (Phi) is 1.03. The van der Waals surface area contributed by atoms with E-state index in [1.165, 1.54) is 0 Å². The highest BCUT2D eigenvalue weighted by atomic mass is 16.4. The molecule has 0 aliphatic carbocycles. The molecule has 0 aromatic heterocycles. The number of benzene rings is 1. The van der Waals surface area contributed by atoms with Gasteiger partial charge in [-0.25, -0.2) is 0 Å². The van der Waals surface area contributed by atoms with Gasteiger partial charge < -0.3 is 10.8 Å². The largest absolute Gasteiger partial charge is 0.480 e. The predicted octanol–water partition coefficient (Wildman–Crippen LogP) is 0.641. The zero-order chi connectivity index (χ0) is 15.1. The molecule has 0 saturated heterocycles. The van der Waals surface area contributed by atoms with Crippen LogP contribution in [-0.4, -0.2) is 17.1 Å². The number of hydrogen-bond donors (Lipinski definition) is 2. The van der Waals surface area contributed by atoms with Crippen molar-refractivity contribution >= 4 is 5.97 Å². The number of aliphatic carboxylic acids is 1. The maximum Gasteiger partial charge on any atom is 0.320 e. The van der Waals surface area contributed by atoms with Crippen molar-refractivity contribution < 1.29 is 19.5 Å². The van der Waals surface area contributed by atoms with Crippen LogP contribution in [-0.2, 0) is 11.2 Å². The normalized spacial score (nSPS) is 21.9. The zero-order valence-electron chi connectivity index (χ0n) is 13.0. The van der Waals surface area contributed by atoms with E-state index in [2.05, 4.69) is 0 Å². The Balaban J connectivity index is 3.64. The lowest BCUT2D eigenvalue weighted by Crippen LogP contribution is -2.32. The third kappa shape index (κ3) is 2.36. The van der Waals surface area contributed by atoms with Crippen molar-refractivity contribution in [3.05, 3.63) is 35.8 Å². The summed E-state index contributed by atoms with van der Waals surface area (Å²) in [6.45, 7) is 0. The molecule has 0 amide bonds.